The van der Waals surface area contributed by atoms with Gasteiger partial charge in [0.05, 0.1) is 5.56 Å². The van der Waals surface area contributed by atoms with Crippen molar-refractivity contribution < 1.29 is 5.11 Å². The van der Waals surface area contributed by atoms with E-state index < -0.39 is 0 Å². The Bertz CT molecular complexity index is 931. The molecule has 3 rings (SSSR count). The Morgan fingerprint density at radius 1 is 1.13 bits per heavy atom. The van der Waals surface area contributed by atoms with Crippen LogP contribution in [0.1, 0.15) is 16.8 Å². The number of phenolic OH excluding ortho intramolecular Hbond substituents is 1. The van der Waals surface area contributed by atoms with Crippen LogP contribution in [0.25, 0.3) is 10.8 Å². The lowest BCUT2D eigenvalue weighted by Crippen LogP contribution is -2.17. The minimum atomic E-state index is -0.0343. The van der Waals surface area contributed by atoms with E-state index in [1.54, 1.807) is 18.3 Å². The van der Waals surface area contributed by atoms with Gasteiger partial charge in [-0.15, -0.1) is 0 Å². The maximum Gasteiger partial charge on any atom is 0.173 e. The van der Waals surface area contributed by atoms with Crippen LogP contribution in [0, 0.1) is 12.3 Å². The molecule has 0 amide bonds. The molecule has 114 valence electrons. The number of aryl methyl sites for hydroxylation is 1. The quantitative estimate of drug-likeness (QED) is 0.501. The van der Waals surface area contributed by atoms with Crippen LogP contribution in [0.4, 0.5) is 0 Å². The van der Waals surface area contributed by atoms with Gasteiger partial charge in [0.15, 0.2) is 5.84 Å². The summed E-state index contributed by atoms with van der Waals surface area (Å²) >= 11 is 0. The molecule has 0 saturated carbocycles. The molecule has 1 aromatic heterocycles. The van der Waals surface area contributed by atoms with Crippen molar-refractivity contribution in [1.82, 2.24) is 4.98 Å². The number of pyridine rings is 1. The van der Waals surface area contributed by atoms with E-state index in [-0.39, 0.29) is 17.4 Å². The van der Waals surface area contributed by atoms with Gasteiger partial charge in [0, 0.05) is 6.20 Å². The third-order valence-electron chi connectivity index (χ3n) is 3.63. The second kappa shape index (κ2) is 5.88. The van der Waals surface area contributed by atoms with Crippen molar-refractivity contribution in [2.45, 2.75) is 6.92 Å². The molecule has 3 aromatic rings. The van der Waals surface area contributed by atoms with Gasteiger partial charge in [0.1, 0.15) is 17.3 Å². The highest BCUT2D eigenvalue weighted by atomic mass is 16.3. The van der Waals surface area contributed by atoms with E-state index >= 15 is 0 Å². The molecule has 0 aliphatic heterocycles. The van der Waals surface area contributed by atoms with E-state index in [1.165, 1.54) is 0 Å². The summed E-state index contributed by atoms with van der Waals surface area (Å²) < 4.78 is 0. The largest absolute Gasteiger partial charge is 0.507 e. The van der Waals surface area contributed by atoms with E-state index in [0.29, 0.717) is 11.3 Å². The van der Waals surface area contributed by atoms with Crippen LogP contribution in [-0.4, -0.2) is 21.8 Å². The Morgan fingerprint density at radius 3 is 2.70 bits per heavy atom. The number of nitrogens with two attached hydrogens (primary N) is 1. The van der Waals surface area contributed by atoms with Crippen molar-refractivity contribution in [2.24, 2.45) is 10.7 Å². The van der Waals surface area contributed by atoms with E-state index in [0.717, 1.165) is 16.3 Å². The zero-order chi connectivity index (χ0) is 16.4. The zero-order valence-corrected chi connectivity index (χ0v) is 12.6. The number of nitrogens with one attached hydrogen (secondary N) is 1. The van der Waals surface area contributed by atoms with E-state index in [4.69, 9.17) is 11.1 Å². The number of nitrogens with zero attached hydrogens (tertiary/aromatic N) is 2. The highest BCUT2D eigenvalue weighted by Crippen LogP contribution is 2.27. The number of amidine groups is 2. The molecule has 0 radical (unpaired) electrons. The van der Waals surface area contributed by atoms with Gasteiger partial charge in [-0.3, -0.25) is 10.4 Å². The Morgan fingerprint density at radius 2 is 1.91 bits per heavy atom. The molecule has 5 heteroatoms. The molecule has 0 aliphatic carbocycles. The normalized spacial score (nSPS) is 11.6. The standard InChI is InChI=1S/C18H16N4O/c1-11-5-4-10-21-16(11)18(20)22-17(19)15-13-7-3-2-6-12(13)8-9-14(15)23/h2-10,23H,1H3,(H3,19,20,22). The smallest absolute Gasteiger partial charge is 0.173 e. The van der Waals surface area contributed by atoms with Crippen molar-refractivity contribution in [1.29, 1.82) is 5.41 Å². The van der Waals surface area contributed by atoms with Crippen molar-refractivity contribution in [3.05, 3.63) is 71.5 Å². The summed E-state index contributed by atoms with van der Waals surface area (Å²) in [6, 6.07) is 14.6. The molecule has 4 N–H and O–H groups in total. The molecular weight excluding hydrogens is 288 g/mol. The van der Waals surface area contributed by atoms with Gasteiger partial charge < -0.3 is 10.8 Å². The van der Waals surface area contributed by atoms with Crippen LogP contribution >= 0.6 is 0 Å². The Balaban J connectivity index is 2.10. The number of hydrogen-bond acceptors (Lipinski definition) is 3. The number of rotatable bonds is 2. The van der Waals surface area contributed by atoms with E-state index in [9.17, 15) is 5.11 Å². The highest BCUT2D eigenvalue weighted by molar-refractivity contribution is 6.16. The second-order valence-electron chi connectivity index (χ2n) is 5.20. The molecule has 5 nitrogen and oxygen atoms in total. The molecule has 2 aromatic carbocycles. The first-order valence-electron chi connectivity index (χ1n) is 7.13. The first kappa shape index (κ1) is 14.7. The zero-order valence-electron chi connectivity index (χ0n) is 12.6. The Hall–Kier alpha value is -3.21. The molecule has 0 saturated heterocycles. The third-order valence-corrected chi connectivity index (χ3v) is 3.63. The van der Waals surface area contributed by atoms with Crippen LogP contribution < -0.4 is 5.73 Å². The highest BCUT2D eigenvalue weighted by Gasteiger charge is 2.13. The average molecular weight is 304 g/mol. The van der Waals surface area contributed by atoms with Gasteiger partial charge in [0.25, 0.3) is 0 Å². The van der Waals surface area contributed by atoms with Gasteiger partial charge in [-0.05, 0) is 35.4 Å². The lowest BCUT2D eigenvalue weighted by Gasteiger charge is -2.09. The molecule has 23 heavy (non-hydrogen) atoms. The van der Waals surface area contributed by atoms with Crippen molar-refractivity contribution in [3.8, 4) is 5.75 Å². The van der Waals surface area contributed by atoms with Gasteiger partial charge in [0.2, 0.25) is 0 Å². The SMILES string of the molecule is Cc1cccnc1C(=N)N=C(N)c1c(O)ccc2ccccc12. The Labute approximate surface area is 133 Å². The topological polar surface area (TPSA) is 95.4 Å². The monoisotopic (exact) mass is 304 g/mol. The summed E-state index contributed by atoms with van der Waals surface area (Å²) in [7, 11) is 0. The summed E-state index contributed by atoms with van der Waals surface area (Å²) in [5.74, 6) is 0.0952. The molecule has 0 aliphatic rings. The molecular formula is C18H16N4O. The van der Waals surface area contributed by atoms with Crippen LogP contribution in [0.5, 0.6) is 5.75 Å². The first-order chi connectivity index (χ1) is 11.1. The minimum absolute atomic E-state index is 0.0343. The number of hydrogen-bond donors (Lipinski definition) is 3. The molecule has 0 bridgehead atoms. The predicted molar refractivity (Wildman–Crippen MR) is 92.1 cm³/mol. The second-order valence-corrected chi connectivity index (χ2v) is 5.20. The molecule has 0 atom stereocenters. The van der Waals surface area contributed by atoms with Crippen LogP contribution in [0.15, 0.2) is 59.7 Å². The van der Waals surface area contributed by atoms with E-state index in [2.05, 4.69) is 9.98 Å². The number of benzene rings is 2. The fourth-order valence-electron chi connectivity index (χ4n) is 2.49. The van der Waals surface area contributed by atoms with Crippen molar-refractivity contribution >= 4 is 22.4 Å². The Kier molecular flexibility index (Phi) is 3.76. The summed E-state index contributed by atoms with van der Waals surface area (Å²) in [6.07, 6.45) is 1.61. The van der Waals surface area contributed by atoms with Gasteiger partial charge in [-0.1, -0.05) is 36.4 Å². The lowest BCUT2D eigenvalue weighted by molar-refractivity contribution is 0.475. The number of aromatic nitrogens is 1. The fraction of sp³-hybridized carbons (Fsp3) is 0.0556. The third kappa shape index (κ3) is 2.76. The minimum Gasteiger partial charge on any atom is -0.507 e. The maximum atomic E-state index is 10.2. The lowest BCUT2D eigenvalue weighted by atomic mass is 10.0. The summed E-state index contributed by atoms with van der Waals surface area (Å²) in [5, 5.41) is 20.0. The number of aromatic hydroxyl groups is 1. The van der Waals surface area contributed by atoms with Crippen molar-refractivity contribution in [3.63, 3.8) is 0 Å². The number of phenols is 1. The number of aliphatic imine (C=N–C) groups is 1. The maximum absolute atomic E-state index is 10.2. The molecule has 0 spiro atoms. The summed E-state index contributed by atoms with van der Waals surface area (Å²) in [6.45, 7) is 1.86. The summed E-state index contributed by atoms with van der Waals surface area (Å²) in [4.78, 5) is 8.30. The van der Waals surface area contributed by atoms with Gasteiger partial charge >= 0.3 is 0 Å². The van der Waals surface area contributed by atoms with Gasteiger partial charge in [-0.25, -0.2) is 4.99 Å². The molecule has 1 heterocycles. The first-order valence-corrected chi connectivity index (χ1v) is 7.13. The molecule has 0 fully saturated rings. The van der Waals surface area contributed by atoms with Crippen LogP contribution in [0.2, 0.25) is 0 Å². The summed E-state index contributed by atoms with van der Waals surface area (Å²) in [5.41, 5.74) is 7.81. The van der Waals surface area contributed by atoms with Crippen LogP contribution in [-0.2, 0) is 0 Å². The van der Waals surface area contributed by atoms with Crippen LogP contribution in [0.3, 0.4) is 0 Å². The number of fused-ring (bicyclic) bond motifs is 1. The predicted octanol–water partition coefficient (Wildman–Crippen LogP) is 2.98. The molecule has 0 unspecified atom stereocenters. The van der Waals surface area contributed by atoms with E-state index in [1.807, 2.05) is 43.3 Å². The average Bonchev–Trinajstić information content (AvgIpc) is 2.54. The van der Waals surface area contributed by atoms with Gasteiger partial charge in [-0.2, -0.15) is 0 Å². The fourth-order valence-corrected chi connectivity index (χ4v) is 2.49. The van der Waals surface area contributed by atoms with Crippen molar-refractivity contribution in [2.75, 3.05) is 0 Å².